The van der Waals surface area contributed by atoms with E-state index < -0.39 is 40.2 Å². The van der Waals surface area contributed by atoms with Gasteiger partial charge in [-0.05, 0) is 6.42 Å². The number of hydrogen-bond acceptors (Lipinski definition) is 5. The van der Waals surface area contributed by atoms with Crippen molar-refractivity contribution in [1.82, 2.24) is 15.5 Å². The second kappa shape index (κ2) is 7.25. The lowest BCUT2D eigenvalue weighted by Gasteiger charge is -2.34. The highest BCUT2D eigenvalue weighted by atomic mass is 32.2. The summed E-state index contributed by atoms with van der Waals surface area (Å²) in [5.41, 5.74) is 0. The average Bonchev–Trinajstić information content (AvgIpc) is 2.35. The summed E-state index contributed by atoms with van der Waals surface area (Å²) >= 11 is 0. The minimum absolute atomic E-state index is 0.0493. The van der Waals surface area contributed by atoms with E-state index in [1.165, 1.54) is 0 Å². The molecule has 1 rings (SSSR count). The molecule has 120 valence electrons. The first-order valence-electron chi connectivity index (χ1n) is 6.42. The van der Waals surface area contributed by atoms with E-state index >= 15 is 0 Å². The molecule has 0 spiro atoms. The quantitative estimate of drug-likeness (QED) is 0.505. The molecule has 0 aromatic carbocycles. The molecule has 1 atom stereocenters. The van der Waals surface area contributed by atoms with Crippen molar-refractivity contribution in [2.24, 2.45) is 0 Å². The Balaban J connectivity index is 2.53. The lowest BCUT2D eigenvalue weighted by atomic mass is 10.1. The number of rotatable bonds is 6. The van der Waals surface area contributed by atoms with Gasteiger partial charge in [-0.2, -0.15) is 0 Å². The largest absolute Gasteiger partial charge is 0.481 e. The molecule has 0 aromatic heterocycles. The Morgan fingerprint density at radius 3 is 2.71 bits per heavy atom. The number of sulfone groups is 1. The zero-order valence-corrected chi connectivity index (χ0v) is 12.5. The number of aliphatic carboxylic acids is 1. The normalized spacial score (nSPS) is 19.0. The summed E-state index contributed by atoms with van der Waals surface area (Å²) in [5.74, 6) is -1.73. The van der Waals surface area contributed by atoms with Gasteiger partial charge in [0.2, 0.25) is 5.91 Å². The van der Waals surface area contributed by atoms with Crippen LogP contribution in [0.4, 0.5) is 4.79 Å². The minimum Gasteiger partial charge on any atom is -0.481 e. The fourth-order valence-corrected chi connectivity index (χ4v) is 2.63. The zero-order chi connectivity index (χ0) is 16.0. The fraction of sp³-hybridized carbons (Fsp3) is 0.727. The van der Waals surface area contributed by atoms with E-state index in [0.29, 0.717) is 0 Å². The molecule has 1 saturated heterocycles. The molecule has 0 radical (unpaired) electrons. The number of amides is 3. The molecule has 1 unspecified atom stereocenters. The maximum absolute atomic E-state index is 12.0. The smallest absolute Gasteiger partial charge is 0.318 e. The summed E-state index contributed by atoms with van der Waals surface area (Å²) in [6.45, 7) is 0.608. The van der Waals surface area contributed by atoms with Gasteiger partial charge in [-0.1, -0.05) is 0 Å². The molecule has 0 aromatic rings. The van der Waals surface area contributed by atoms with Crippen molar-refractivity contribution < 1.29 is 27.9 Å². The van der Waals surface area contributed by atoms with Crippen molar-refractivity contribution in [2.75, 3.05) is 31.6 Å². The Bertz CT molecular complexity index is 518. The lowest BCUT2D eigenvalue weighted by Crippen LogP contribution is -2.60. The van der Waals surface area contributed by atoms with Crippen molar-refractivity contribution >= 4 is 27.7 Å². The summed E-state index contributed by atoms with van der Waals surface area (Å²) in [7, 11) is -3.09. The van der Waals surface area contributed by atoms with Gasteiger partial charge in [0.1, 0.15) is 15.9 Å². The van der Waals surface area contributed by atoms with E-state index in [2.05, 4.69) is 10.6 Å². The molecule has 3 N–H and O–H groups in total. The molecular formula is C11H19N3O6S. The van der Waals surface area contributed by atoms with E-state index in [0.717, 1.165) is 11.2 Å². The van der Waals surface area contributed by atoms with Gasteiger partial charge in [0.25, 0.3) is 0 Å². The van der Waals surface area contributed by atoms with Crippen LogP contribution in [-0.2, 0) is 19.4 Å². The molecule has 1 aliphatic heterocycles. The predicted octanol–water partition coefficient (Wildman–Crippen LogP) is -1.59. The van der Waals surface area contributed by atoms with Gasteiger partial charge in [-0.25, -0.2) is 13.2 Å². The number of hydrogen-bond donors (Lipinski definition) is 3. The number of urea groups is 1. The third-order valence-corrected chi connectivity index (χ3v) is 3.96. The van der Waals surface area contributed by atoms with Crippen LogP contribution in [0.1, 0.15) is 12.8 Å². The molecule has 21 heavy (non-hydrogen) atoms. The number of carbonyl (C=O) groups excluding carboxylic acids is 2. The number of nitrogens with zero attached hydrogens (tertiary/aromatic N) is 1. The molecule has 1 fully saturated rings. The predicted molar refractivity (Wildman–Crippen MR) is 73.5 cm³/mol. The van der Waals surface area contributed by atoms with Crippen LogP contribution in [0.2, 0.25) is 0 Å². The Labute approximate surface area is 122 Å². The number of carboxylic acid groups (broad SMARTS) is 1. The van der Waals surface area contributed by atoms with Crippen LogP contribution in [0.5, 0.6) is 0 Å². The minimum atomic E-state index is -3.09. The van der Waals surface area contributed by atoms with E-state index in [1.54, 1.807) is 0 Å². The summed E-state index contributed by atoms with van der Waals surface area (Å²) in [6, 6.07) is -1.62. The van der Waals surface area contributed by atoms with E-state index in [1.807, 2.05) is 0 Å². The van der Waals surface area contributed by atoms with Crippen LogP contribution >= 0.6 is 0 Å². The van der Waals surface area contributed by atoms with Crippen molar-refractivity contribution in [3.8, 4) is 0 Å². The fourth-order valence-electron chi connectivity index (χ4n) is 1.96. The summed E-state index contributed by atoms with van der Waals surface area (Å²) in [5, 5.41) is 13.8. The topological polar surface area (TPSA) is 133 Å². The molecule has 3 amide bonds. The number of carbonyl (C=O) groups is 3. The standard InChI is InChI=1S/C11H19N3O6S/c1-21(19,20)6-2-3-13-11(18)14-5-4-12-10(17)8(14)7-9(15)16/h8H,2-7H2,1H3,(H,12,17)(H,13,18)(H,15,16). The number of nitrogens with one attached hydrogen (secondary N) is 2. The van der Waals surface area contributed by atoms with E-state index in [4.69, 9.17) is 5.11 Å². The van der Waals surface area contributed by atoms with Crippen molar-refractivity contribution in [3.05, 3.63) is 0 Å². The summed E-state index contributed by atoms with van der Waals surface area (Å²) in [4.78, 5) is 35.5. The van der Waals surface area contributed by atoms with Crippen LogP contribution in [0, 0.1) is 0 Å². The molecule has 0 aliphatic carbocycles. The highest BCUT2D eigenvalue weighted by Gasteiger charge is 2.34. The first-order valence-corrected chi connectivity index (χ1v) is 8.48. The third kappa shape index (κ3) is 5.98. The van der Waals surface area contributed by atoms with Gasteiger partial charge >= 0.3 is 12.0 Å². The van der Waals surface area contributed by atoms with Crippen LogP contribution < -0.4 is 10.6 Å². The number of carboxylic acids is 1. The molecule has 1 aliphatic rings. The van der Waals surface area contributed by atoms with Crippen LogP contribution in [-0.4, -0.2) is 74.0 Å². The van der Waals surface area contributed by atoms with E-state index in [-0.39, 0.29) is 31.8 Å². The maximum atomic E-state index is 12.0. The van der Waals surface area contributed by atoms with Crippen LogP contribution in [0.25, 0.3) is 0 Å². The van der Waals surface area contributed by atoms with Gasteiger partial charge in [0.15, 0.2) is 0 Å². The molecule has 10 heteroatoms. The van der Waals surface area contributed by atoms with Crippen LogP contribution in [0.15, 0.2) is 0 Å². The highest BCUT2D eigenvalue weighted by Crippen LogP contribution is 2.09. The summed E-state index contributed by atoms with van der Waals surface area (Å²) in [6.07, 6.45) is 0.892. The second-order valence-electron chi connectivity index (χ2n) is 4.81. The number of piperazine rings is 1. The first-order chi connectivity index (χ1) is 9.70. The Hall–Kier alpha value is -1.84. The van der Waals surface area contributed by atoms with Crippen molar-refractivity contribution in [1.29, 1.82) is 0 Å². The SMILES string of the molecule is CS(=O)(=O)CCCNC(=O)N1CCNC(=O)C1CC(=O)O. The molecule has 0 saturated carbocycles. The molecular weight excluding hydrogens is 302 g/mol. The van der Waals surface area contributed by atoms with E-state index in [9.17, 15) is 22.8 Å². The first kappa shape index (κ1) is 17.2. The maximum Gasteiger partial charge on any atom is 0.318 e. The van der Waals surface area contributed by atoms with Crippen molar-refractivity contribution in [3.63, 3.8) is 0 Å². The van der Waals surface area contributed by atoms with Gasteiger partial charge in [0, 0.05) is 25.9 Å². The van der Waals surface area contributed by atoms with Crippen LogP contribution in [0.3, 0.4) is 0 Å². The average molecular weight is 321 g/mol. The molecule has 9 nitrogen and oxygen atoms in total. The second-order valence-corrected chi connectivity index (χ2v) is 7.07. The third-order valence-electron chi connectivity index (χ3n) is 2.93. The Morgan fingerprint density at radius 1 is 1.48 bits per heavy atom. The Kier molecular flexibility index (Phi) is 5.94. The van der Waals surface area contributed by atoms with Gasteiger partial charge in [-0.3, -0.25) is 9.59 Å². The molecule has 1 heterocycles. The molecule has 0 bridgehead atoms. The zero-order valence-electron chi connectivity index (χ0n) is 11.7. The van der Waals surface area contributed by atoms with Crippen molar-refractivity contribution in [2.45, 2.75) is 18.9 Å². The lowest BCUT2D eigenvalue weighted by molar-refractivity contribution is -0.142. The summed E-state index contributed by atoms with van der Waals surface area (Å²) < 4.78 is 21.9. The highest BCUT2D eigenvalue weighted by molar-refractivity contribution is 7.90. The Morgan fingerprint density at radius 2 is 2.14 bits per heavy atom. The van der Waals surface area contributed by atoms with Gasteiger partial charge < -0.3 is 20.6 Å². The van der Waals surface area contributed by atoms with Gasteiger partial charge in [0.05, 0.1) is 12.2 Å². The van der Waals surface area contributed by atoms with Gasteiger partial charge in [-0.15, -0.1) is 0 Å². The monoisotopic (exact) mass is 321 g/mol.